The molecule has 4 rings (SSSR count). The van der Waals surface area contributed by atoms with Crippen LogP contribution in [0.5, 0.6) is 11.5 Å². The van der Waals surface area contributed by atoms with Crippen LogP contribution in [0.3, 0.4) is 0 Å². The molecule has 2 amide bonds. The average molecular weight is 733 g/mol. The number of ether oxygens (including phenoxy) is 1. The highest BCUT2D eigenvalue weighted by atomic mass is 28.4. The predicted octanol–water partition coefficient (Wildman–Crippen LogP) is 7.72. The second-order valence-corrected chi connectivity index (χ2v) is 26.0. The molecule has 1 aliphatic heterocycles. The van der Waals surface area contributed by atoms with Crippen LogP contribution >= 0.6 is 0 Å². The quantitative estimate of drug-likeness (QED) is 0.213. The van der Waals surface area contributed by atoms with Crippen LogP contribution in [-0.2, 0) is 9.22 Å². The van der Waals surface area contributed by atoms with E-state index in [-0.39, 0.29) is 47.4 Å². The molecule has 0 radical (unpaired) electrons. The van der Waals surface area contributed by atoms with Gasteiger partial charge in [0, 0.05) is 18.0 Å². The van der Waals surface area contributed by atoms with Crippen molar-refractivity contribution in [2.45, 2.75) is 103 Å². The molecule has 276 valence electrons. The molecule has 1 heterocycles. The number of carboxylic acid groups (broad SMARTS) is 1. The fourth-order valence-corrected chi connectivity index (χ4v) is 12.0. The Bertz CT molecular complexity index is 1690. The number of rotatable bonds is 10. The van der Waals surface area contributed by atoms with Crippen LogP contribution in [0.25, 0.3) is 0 Å². The number of ketones is 1. The number of carbonyl (C=O) groups is 3. The maximum Gasteiger partial charge on any atom is 0.412 e. The third kappa shape index (κ3) is 8.10. The molecular weight excluding hydrogens is 677 g/mol. The topological polar surface area (TPSA) is 106 Å². The summed E-state index contributed by atoms with van der Waals surface area (Å²) in [5, 5.41) is 12.3. The lowest BCUT2D eigenvalue weighted by atomic mass is 10.0. The van der Waals surface area contributed by atoms with Gasteiger partial charge < -0.3 is 23.6 Å². The van der Waals surface area contributed by atoms with E-state index in [1.165, 1.54) is 16.9 Å². The van der Waals surface area contributed by atoms with Gasteiger partial charge in [0.25, 0.3) is 5.91 Å². The molecule has 1 unspecified atom stereocenters. The monoisotopic (exact) mass is 732 g/mol. The third-order valence-corrected chi connectivity index (χ3v) is 19.7. The predicted molar refractivity (Wildman–Crippen MR) is 209 cm³/mol. The summed E-state index contributed by atoms with van der Waals surface area (Å²) in [6.07, 6.45) is -1.06. The number of likely N-dealkylation sites (tertiary alicyclic amines) is 1. The summed E-state index contributed by atoms with van der Waals surface area (Å²) < 4.78 is 19.8. The van der Waals surface area contributed by atoms with Gasteiger partial charge >= 0.3 is 14.4 Å². The number of anilines is 1. The molecule has 51 heavy (non-hydrogen) atoms. The van der Waals surface area contributed by atoms with Crippen LogP contribution in [0.2, 0.25) is 23.2 Å². The van der Waals surface area contributed by atoms with E-state index in [2.05, 4.69) is 78.9 Å². The normalized spacial score (nSPS) is 15.9. The summed E-state index contributed by atoms with van der Waals surface area (Å²) in [5.74, 6) is 0.0711. The first kappa shape index (κ1) is 39.8. The van der Waals surface area contributed by atoms with E-state index >= 15 is 0 Å². The fourth-order valence-electron chi connectivity index (χ4n) is 6.53. The Morgan fingerprint density at radius 2 is 1.37 bits per heavy atom. The molecule has 11 heteroatoms. The van der Waals surface area contributed by atoms with Gasteiger partial charge in [-0.1, -0.05) is 102 Å². The number of carbonyl (C=O) groups excluding carboxylic acids is 2. The number of amides is 2. The van der Waals surface area contributed by atoms with Crippen LogP contribution in [0.4, 0.5) is 10.5 Å². The molecule has 1 fully saturated rings. The molecule has 0 spiro atoms. The molecule has 3 aromatic rings. The van der Waals surface area contributed by atoms with Crippen molar-refractivity contribution in [2.24, 2.45) is 0 Å². The van der Waals surface area contributed by atoms with Crippen molar-refractivity contribution >= 4 is 50.5 Å². The Labute approximate surface area is 306 Å². The summed E-state index contributed by atoms with van der Waals surface area (Å²) in [5.41, 5.74) is -0.696. The third-order valence-electron chi connectivity index (χ3n) is 10.2. The van der Waals surface area contributed by atoms with Gasteiger partial charge in [-0.15, -0.1) is 0 Å². The molecule has 1 aliphatic rings. The molecule has 0 bridgehead atoms. The second kappa shape index (κ2) is 14.6. The highest BCUT2D eigenvalue weighted by Gasteiger charge is 2.53. The van der Waals surface area contributed by atoms with Gasteiger partial charge in [-0.05, 0) is 60.4 Å². The van der Waals surface area contributed by atoms with E-state index in [1.54, 1.807) is 32.9 Å². The molecule has 1 N–H and O–H groups in total. The first-order valence-electron chi connectivity index (χ1n) is 17.6. The number of Topliss-reactive ketones (excluding diaryl/α,β-unsaturated/α-hetero) is 1. The SMILES string of the molecule is COc1cc(C(=O)N2CC(=O)CC2CO[Si](C)(C)C(C)(C)C)c(N(C(=O)O)C(C)(C)C)cc1O[Si](c1ccccc1)(c1ccccc1)C(C)(C)C. The van der Waals surface area contributed by atoms with E-state index in [9.17, 15) is 19.5 Å². The van der Waals surface area contributed by atoms with E-state index in [4.69, 9.17) is 13.6 Å². The highest BCUT2D eigenvalue weighted by molar-refractivity contribution is 7.00. The van der Waals surface area contributed by atoms with Crippen LogP contribution in [0.1, 0.15) is 79.1 Å². The Balaban J connectivity index is 1.95. The molecule has 0 aromatic heterocycles. The molecule has 3 aromatic carbocycles. The molecule has 1 saturated heterocycles. The molecule has 9 nitrogen and oxygen atoms in total. The highest BCUT2D eigenvalue weighted by Crippen LogP contribution is 2.44. The van der Waals surface area contributed by atoms with Gasteiger partial charge in [-0.2, -0.15) is 0 Å². The van der Waals surface area contributed by atoms with Crippen LogP contribution in [0, 0.1) is 0 Å². The number of benzene rings is 3. The van der Waals surface area contributed by atoms with E-state index in [1.807, 2.05) is 36.4 Å². The van der Waals surface area contributed by atoms with Crippen molar-refractivity contribution in [3.8, 4) is 11.5 Å². The summed E-state index contributed by atoms with van der Waals surface area (Å²) in [7, 11) is -3.88. The second-order valence-electron chi connectivity index (χ2n) is 17.0. The van der Waals surface area contributed by atoms with Gasteiger partial charge in [0.15, 0.2) is 19.9 Å². The molecule has 1 atom stereocenters. The Morgan fingerprint density at radius 3 is 1.80 bits per heavy atom. The minimum Gasteiger partial charge on any atom is -0.531 e. The van der Waals surface area contributed by atoms with Crippen LogP contribution in [0.15, 0.2) is 72.8 Å². The van der Waals surface area contributed by atoms with E-state index in [0.717, 1.165) is 10.4 Å². The number of hydrogen-bond acceptors (Lipinski definition) is 6. The fraction of sp³-hybridized carbons (Fsp3) is 0.475. The Hall–Kier alpha value is -3.94. The van der Waals surface area contributed by atoms with Crippen molar-refractivity contribution in [2.75, 3.05) is 25.2 Å². The van der Waals surface area contributed by atoms with Crippen LogP contribution in [-0.4, -0.2) is 76.3 Å². The number of methoxy groups -OCH3 is 1. The lowest BCUT2D eigenvalue weighted by molar-refractivity contribution is -0.116. The molecule has 0 aliphatic carbocycles. The largest absolute Gasteiger partial charge is 0.531 e. The van der Waals surface area contributed by atoms with Gasteiger partial charge in [0.05, 0.1) is 37.6 Å². The van der Waals surface area contributed by atoms with Crippen molar-refractivity contribution in [3.63, 3.8) is 0 Å². The average Bonchev–Trinajstić information content (AvgIpc) is 3.41. The molecule has 0 saturated carbocycles. The standard InChI is InChI=1S/C40H56N2O7Si2/c1-38(2,3)42(37(45)46)33-25-35(49-51(40(7,8)9,30-19-15-13-16-20-30)31-21-17-14-18-22-31)34(47-10)24-32(33)36(44)41-26-29(43)23-28(41)27-48-50(11,12)39(4,5)6/h13-22,24-25,28H,23,26-27H2,1-12H3,(H,45,46). The van der Waals surface area contributed by atoms with E-state index in [0.29, 0.717) is 5.75 Å². The van der Waals surface area contributed by atoms with Gasteiger partial charge in [-0.25, -0.2) is 4.79 Å². The minimum atomic E-state index is -3.20. The van der Waals surface area contributed by atoms with Gasteiger partial charge in [-0.3, -0.25) is 14.5 Å². The lowest BCUT2D eigenvalue weighted by Crippen LogP contribution is -2.68. The zero-order valence-electron chi connectivity index (χ0n) is 32.4. The smallest absolute Gasteiger partial charge is 0.412 e. The Morgan fingerprint density at radius 1 is 0.843 bits per heavy atom. The number of hydrogen-bond donors (Lipinski definition) is 1. The number of nitrogens with zero attached hydrogens (tertiary/aromatic N) is 2. The maximum absolute atomic E-state index is 14.7. The minimum absolute atomic E-state index is 0.0550. The summed E-state index contributed by atoms with van der Waals surface area (Å²) in [6, 6.07) is 22.9. The van der Waals surface area contributed by atoms with Crippen molar-refractivity contribution in [3.05, 3.63) is 78.4 Å². The van der Waals surface area contributed by atoms with Crippen LogP contribution < -0.4 is 24.4 Å². The van der Waals surface area contributed by atoms with Crippen molar-refractivity contribution in [1.29, 1.82) is 0 Å². The summed E-state index contributed by atoms with van der Waals surface area (Å²) >= 11 is 0. The Kier molecular flexibility index (Phi) is 11.4. The zero-order valence-corrected chi connectivity index (χ0v) is 34.4. The van der Waals surface area contributed by atoms with Gasteiger partial charge in [0.2, 0.25) is 0 Å². The maximum atomic E-state index is 14.7. The summed E-state index contributed by atoms with van der Waals surface area (Å²) in [4.78, 5) is 43.4. The first-order chi connectivity index (χ1) is 23.5. The van der Waals surface area contributed by atoms with E-state index < -0.39 is 45.3 Å². The van der Waals surface area contributed by atoms with Gasteiger partial charge in [0.1, 0.15) is 5.75 Å². The molecular formula is C40H56N2O7Si2. The van der Waals surface area contributed by atoms with Crippen molar-refractivity contribution in [1.82, 2.24) is 4.90 Å². The lowest BCUT2D eigenvalue weighted by Gasteiger charge is -2.43. The van der Waals surface area contributed by atoms with Crippen molar-refractivity contribution < 1.29 is 33.1 Å². The summed E-state index contributed by atoms with van der Waals surface area (Å²) in [6.45, 7) is 22.6. The first-order valence-corrected chi connectivity index (χ1v) is 22.4. The zero-order chi connectivity index (χ0) is 38.2.